The molecule has 4 rings (SSSR count). The molecule has 0 bridgehead atoms. The quantitative estimate of drug-likeness (QED) is 0.403. The molecule has 0 saturated heterocycles. The summed E-state index contributed by atoms with van der Waals surface area (Å²) in [7, 11) is 1.67. The monoisotopic (exact) mass is 381 g/mol. The molecule has 4 aromatic rings. The summed E-state index contributed by atoms with van der Waals surface area (Å²) in [4.78, 5) is 0. The third kappa shape index (κ3) is 3.83. The van der Waals surface area contributed by atoms with Crippen molar-refractivity contribution in [3.63, 3.8) is 0 Å². The lowest BCUT2D eigenvalue weighted by molar-refractivity contribution is 0.416. The van der Waals surface area contributed by atoms with Crippen molar-refractivity contribution in [1.82, 2.24) is 14.8 Å². The molecule has 0 aliphatic heterocycles. The van der Waals surface area contributed by atoms with Gasteiger partial charge in [0.15, 0.2) is 5.82 Å². The first kappa shape index (κ1) is 18.7. The lowest BCUT2D eigenvalue weighted by Crippen LogP contribution is -2.06. The second-order valence-electron chi connectivity index (χ2n) is 6.74. The minimum absolute atomic E-state index is 0.628. The molecule has 0 unspecified atom stereocenters. The summed E-state index contributed by atoms with van der Waals surface area (Å²) in [6.45, 7) is 4.55. The maximum atomic E-state index is 5.53. The van der Waals surface area contributed by atoms with E-state index in [9.17, 15) is 0 Å². The minimum atomic E-state index is 0.628. The summed E-state index contributed by atoms with van der Waals surface area (Å²) < 4.78 is 7.63. The predicted molar refractivity (Wildman–Crippen MR) is 117 cm³/mol. The average molecular weight is 381 g/mol. The Balaban J connectivity index is 1.76. The first-order chi connectivity index (χ1) is 14.3. The highest BCUT2D eigenvalue weighted by molar-refractivity contribution is 5.68. The van der Waals surface area contributed by atoms with Crippen LogP contribution >= 0.6 is 0 Å². The minimum Gasteiger partial charge on any atom is -0.496 e. The van der Waals surface area contributed by atoms with Crippen molar-refractivity contribution in [2.45, 2.75) is 13.0 Å². The third-order valence-corrected chi connectivity index (χ3v) is 4.94. The van der Waals surface area contributed by atoms with Gasteiger partial charge in [-0.05, 0) is 28.8 Å². The highest BCUT2D eigenvalue weighted by Crippen LogP contribution is 2.30. The van der Waals surface area contributed by atoms with E-state index >= 15 is 0 Å². The van der Waals surface area contributed by atoms with Gasteiger partial charge in [-0.3, -0.25) is 0 Å². The molecule has 1 aromatic heterocycles. The van der Waals surface area contributed by atoms with Gasteiger partial charge in [-0.25, -0.2) is 0 Å². The Morgan fingerprint density at radius 3 is 2.31 bits per heavy atom. The van der Waals surface area contributed by atoms with Crippen molar-refractivity contribution in [2.24, 2.45) is 0 Å². The van der Waals surface area contributed by atoms with E-state index in [0.717, 1.165) is 23.0 Å². The Bertz CT molecular complexity index is 1120. The number of methoxy groups -OCH3 is 1. The topological polar surface area (TPSA) is 39.9 Å². The number of aromatic nitrogens is 3. The molecule has 0 aliphatic carbocycles. The van der Waals surface area contributed by atoms with Crippen molar-refractivity contribution in [3.05, 3.63) is 103 Å². The second-order valence-corrected chi connectivity index (χ2v) is 6.74. The molecular weight excluding hydrogens is 358 g/mol. The number of rotatable bonds is 7. The third-order valence-electron chi connectivity index (χ3n) is 4.94. The van der Waals surface area contributed by atoms with Crippen molar-refractivity contribution in [1.29, 1.82) is 0 Å². The van der Waals surface area contributed by atoms with Crippen molar-refractivity contribution < 1.29 is 4.74 Å². The summed E-state index contributed by atoms with van der Waals surface area (Å²) >= 11 is 0. The Morgan fingerprint density at radius 2 is 1.55 bits per heavy atom. The van der Waals surface area contributed by atoms with Crippen LogP contribution in [0, 0.1) is 0 Å². The van der Waals surface area contributed by atoms with Crippen LogP contribution in [-0.4, -0.2) is 21.9 Å². The zero-order chi connectivity index (χ0) is 20.1. The van der Waals surface area contributed by atoms with Crippen molar-refractivity contribution in [3.8, 4) is 28.3 Å². The van der Waals surface area contributed by atoms with Gasteiger partial charge in [0.25, 0.3) is 0 Å². The molecule has 144 valence electrons. The fourth-order valence-corrected chi connectivity index (χ4v) is 3.56. The summed E-state index contributed by atoms with van der Waals surface area (Å²) in [6, 6.07) is 26.7. The zero-order valence-corrected chi connectivity index (χ0v) is 16.5. The Hall–Kier alpha value is -3.66. The van der Waals surface area contributed by atoms with Crippen LogP contribution in [0.3, 0.4) is 0 Å². The van der Waals surface area contributed by atoms with Gasteiger partial charge in [0.05, 0.1) is 12.7 Å². The first-order valence-corrected chi connectivity index (χ1v) is 9.61. The average Bonchev–Trinajstić information content (AvgIpc) is 3.17. The van der Waals surface area contributed by atoms with Crippen LogP contribution in [-0.2, 0) is 13.0 Å². The fourth-order valence-electron chi connectivity index (χ4n) is 3.56. The number of allylic oxidation sites excluding steroid dienone is 1. The lowest BCUT2D eigenvalue weighted by Gasteiger charge is -2.13. The molecule has 0 fully saturated rings. The summed E-state index contributed by atoms with van der Waals surface area (Å²) in [6.07, 6.45) is 2.55. The van der Waals surface area contributed by atoms with Gasteiger partial charge in [0.2, 0.25) is 0 Å². The molecule has 0 aliphatic rings. The fraction of sp³-hybridized carbons (Fsp3) is 0.120. The summed E-state index contributed by atoms with van der Waals surface area (Å²) in [5.41, 5.74) is 4.54. The Kier molecular flexibility index (Phi) is 5.52. The number of nitrogens with zero attached hydrogens (tertiary/aromatic N) is 3. The van der Waals surface area contributed by atoms with Crippen LogP contribution in [0.2, 0.25) is 0 Å². The first-order valence-electron chi connectivity index (χ1n) is 9.61. The van der Waals surface area contributed by atoms with Crippen LogP contribution in [0.5, 0.6) is 5.75 Å². The van der Waals surface area contributed by atoms with Crippen LogP contribution in [0.25, 0.3) is 22.5 Å². The molecule has 0 amide bonds. The van der Waals surface area contributed by atoms with E-state index in [0.29, 0.717) is 13.0 Å². The number of hydrogen-bond donors (Lipinski definition) is 0. The van der Waals surface area contributed by atoms with E-state index in [1.807, 2.05) is 36.4 Å². The highest BCUT2D eigenvalue weighted by atomic mass is 16.5. The largest absolute Gasteiger partial charge is 0.496 e. The van der Waals surface area contributed by atoms with Crippen LogP contribution in [0.1, 0.15) is 11.4 Å². The molecule has 4 heteroatoms. The molecule has 0 atom stereocenters. The smallest absolute Gasteiger partial charge is 0.168 e. The molecule has 0 N–H and O–H groups in total. The molecule has 4 nitrogen and oxygen atoms in total. The summed E-state index contributed by atoms with van der Waals surface area (Å²) in [5.74, 6) is 2.46. The van der Waals surface area contributed by atoms with E-state index < -0.39 is 0 Å². The van der Waals surface area contributed by atoms with E-state index in [-0.39, 0.29) is 0 Å². The second kappa shape index (κ2) is 8.57. The molecule has 0 radical (unpaired) electrons. The van der Waals surface area contributed by atoms with Gasteiger partial charge in [0, 0.05) is 13.0 Å². The number of para-hydroxylation sites is 1. The molecule has 29 heavy (non-hydrogen) atoms. The van der Waals surface area contributed by atoms with Crippen LogP contribution in [0.15, 0.2) is 91.5 Å². The SMILES string of the molecule is C=CCn1c(Cc2ccccc2-c2ccccc2)nnc1-c1ccccc1OC. The Labute approximate surface area is 171 Å². The summed E-state index contributed by atoms with van der Waals surface area (Å²) in [5, 5.41) is 9.02. The van der Waals surface area contributed by atoms with Crippen LogP contribution < -0.4 is 4.74 Å². The lowest BCUT2D eigenvalue weighted by atomic mass is 9.97. The van der Waals surface area contributed by atoms with Gasteiger partial charge in [-0.2, -0.15) is 0 Å². The molecular formula is C25H23N3O. The highest BCUT2D eigenvalue weighted by Gasteiger charge is 2.17. The van der Waals surface area contributed by atoms with E-state index in [1.165, 1.54) is 16.7 Å². The van der Waals surface area contributed by atoms with E-state index in [1.54, 1.807) is 7.11 Å². The molecule has 1 heterocycles. The van der Waals surface area contributed by atoms with Crippen molar-refractivity contribution in [2.75, 3.05) is 7.11 Å². The van der Waals surface area contributed by atoms with E-state index in [4.69, 9.17) is 4.74 Å². The molecule has 3 aromatic carbocycles. The maximum Gasteiger partial charge on any atom is 0.168 e. The number of benzene rings is 3. The normalized spacial score (nSPS) is 10.7. The predicted octanol–water partition coefficient (Wildman–Crippen LogP) is 5.40. The zero-order valence-electron chi connectivity index (χ0n) is 16.5. The van der Waals surface area contributed by atoms with Crippen molar-refractivity contribution >= 4 is 0 Å². The van der Waals surface area contributed by atoms with Gasteiger partial charge in [-0.15, -0.1) is 16.8 Å². The maximum absolute atomic E-state index is 5.53. The van der Waals surface area contributed by atoms with Gasteiger partial charge >= 0.3 is 0 Å². The van der Waals surface area contributed by atoms with Gasteiger partial charge in [0.1, 0.15) is 11.6 Å². The molecule has 0 saturated carbocycles. The van der Waals surface area contributed by atoms with Crippen LogP contribution in [0.4, 0.5) is 0 Å². The molecule has 0 spiro atoms. The standard InChI is InChI=1S/C25H23N3O/c1-3-17-28-24(26-27-25(28)22-15-9-10-16-23(22)29-2)18-20-13-7-8-14-21(20)19-11-5-4-6-12-19/h3-16H,1,17-18H2,2H3. The van der Waals surface area contributed by atoms with Gasteiger partial charge < -0.3 is 9.30 Å². The Morgan fingerprint density at radius 1 is 0.862 bits per heavy atom. The van der Waals surface area contributed by atoms with E-state index in [2.05, 4.69) is 69.9 Å². The number of hydrogen-bond acceptors (Lipinski definition) is 3. The number of ether oxygens (including phenoxy) is 1. The van der Waals surface area contributed by atoms with Gasteiger partial charge in [-0.1, -0.05) is 72.8 Å².